The number of nitrogen functional groups attached to an aromatic ring is 1. The Kier molecular flexibility index (Phi) is 5.67. The lowest BCUT2D eigenvalue weighted by Gasteiger charge is -2.28. The van der Waals surface area contributed by atoms with E-state index in [-0.39, 0.29) is 52.6 Å². The Hall–Kier alpha value is -3.75. The second-order valence-electron chi connectivity index (χ2n) is 7.46. The fraction of sp³-hybridized carbons (Fsp3) is 0.167. The molecule has 2 heterocycles. The van der Waals surface area contributed by atoms with Crippen molar-refractivity contribution in [1.29, 1.82) is 5.26 Å². The van der Waals surface area contributed by atoms with Crippen molar-refractivity contribution in [3.05, 3.63) is 35.4 Å². The highest BCUT2D eigenvalue weighted by molar-refractivity contribution is 7.94. The maximum atomic E-state index is 13.2. The number of hydrazone groups is 1. The number of benzene rings is 2. The minimum absolute atomic E-state index is 0.0425. The van der Waals surface area contributed by atoms with E-state index in [2.05, 4.69) is 25.8 Å². The summed E-state index contributed by atoms with van der Waals surface area (Å²) >= 11 is 0. The van der Waals surface area contributed by atoms with Crippen LogP contribution in [-0.4, -0.2) is 51.0 Å². The standard InChI is InChI=1S/C18H20N10O4S2/c19-5-8-3-11(15-12(4-8)25-18(20)26-15)10-1-2-13(33(29,30)9-6-24-7-9)16(34(23,31)32)14(10)17(27-21)28-22/h1-4,9,24H,6-7,21-22H2,(H,27,28)(H3,20,25,26)(H2,23,31,32). The molecule has 0 atom stereocenters. The fourth-order valence-corrected chi connectivity index (χ4v) is 6.96. The molecule has 178 valence electrons. The van der Waals surface area contributed by atoms with Crippen molar-refractivity contribution in [3.63, 3.8) is 0 Å². The van der Waals surface area contributed by atoms with Crippen molar-refractivity contribution in [1.82, 2.24) is 20.7 Å². The van der Waals surface area contributed by atoms with Gasteiger partial charge in [0.2, 0.25) is 10.0 Å². The number of hydrazine groups is 1. The minimum Gasteiger partial charge on any atom is -0.369 e. The maximum absolute atomic E-state index is 13.2. The van der Waals surface area contributed by atoms with Crippen LogP contribution >= 0.6 is 0 Å². The zero-order valence-corrected chi connectivity index (χ0v) is 19.0. The molecule has 3 aromatic rings. The van der Waals surface area contributed by atoms with Crippen LogP contribution in [0.15, 0.2) is 39.2 Å². The first-order chi connectivity index (χ1) is 16.0. The van der Waals surface area contributed by atoms with E-state index in [1.807, 2.05) is 6.07 Å². The van der Waals surface area contributed by atoms with Crippen LogP contribution in [0.2, 0.25) is 0 Å². The van der Waals surface area contributed by atoms with Crippen LogP contribution in [0.1, 0.15) is 11.1 Å². The highest BCUT2D eigenvalue weighted by Gasteiger charge is 2.38. The molecule has 0 spiro atoms. The van der Waals surface area contributed by atoms with Crippen LogP contribution in [0.3, 0.4) is 0 Å². The van der Waals surface area contributed by atoms with E-state index in [9.17, 15) is 22.1 Å². The first-order valence-electron chi connectivity index (χ1n) is 9.62. The third kappa shape index (κ3) is 3.70. The molecule has 0 amide bonds. The van der Waals surface area contributed by atoms with Gasteiger partial charge in [0.1, 0.15) is 4.90 Å². The molecule has 16 heteroatoms. The molecule has 1 fully saturated rings. The predicted octanol–water partition coefficient (Wildman–Crippen LogP) is -1.84. The number of imidazole rings is 1. The fourth-order valence-electron chi connectivity index (χ4n) is 3.77. The largest absolute Gasteiger partial charge is 0.369 e. The summed E-state index contributed by atoms with van der Waals surface area (Å²) in [5, 5.41) is 20.5. The average Bonchev–Trinajstić information content (AvgIpc) is 3.11. The predicted molar refractivity (Wildman–Crippen MR) is 124 cm³/mol. The number of nitrogens with one attached hydrogen (secondary N) is 3. The Morgan fingerprint density at radius 2 is 1.91 bits per heavy atom. The van der Waals surface area contributed by atoms with Gasteiger partial charge in [0.05, 0.1) is 32.8 Å². The first kappa shape index (κ1) is 23.4. The Bertz CT molecular complexity index is 1600. The molecular weight excluding hydrogens is 484 g/mol. The molecule has 1 saturated heterocycles. The number of sulfone groups is 1. The van der Waals surface area contributed by atoms with Crippen molar-refractivity contribution in [2.45, 2.75) is 15.0 Å². The number of nitrogens with two attached hydrogens (primary N) is 4. The van der Waals surface area contributed by atoms with Gasteiger partial charge in [0, 0.05) is 24.2 Å². The number of sulfonamides is 1. The smallest absolute Gasteiger partial charge is 0.240 e. The number of hydrogen-bond acceptors (Lipinski definition) is 11. The minimum atomic E-state index is -4.67. The maximum Gasteiger partial charge on any atom is 0.240 e. The molecule has 4 rings (SSSR count). The molecule has 2 aromatic carbocycles. The molecule has 14 nitrogen and oxygen atoms in total. The van der Waals surface area contributed by atoms with Crippen molar-refractivity contribution in [2.24, 2.45) is 21.9 Å². The Morgan fingerprint density at radius 1 is 1.21 bits per heavy atom. The lowest BCUT2D eigenvalue weighted by Crippen LogP contribution is -2.51. The summed E-state index contributed by atoms with van der Waals surface area (Å²) in [6.45, 7) is 0.293. The van der Waals surface area contributed by atoms with Crippen LogP contribution in [0.25, 0.3) is 22.2 Å². The number of aromatic amines is 1. The molecular formula is C18H20N10O4S2. The van der Waals surface area contributed by atoms with Crippen LogP contribution in [0.4, 0.5) is 5.95 Å². The molecule has 1 aliphatic heterocycles. The number of nitrogens with zero attached hydrogens (tertiary/aromatic N) is 3. The Morgan fingerprint density at radius 3 is 2.44 bits per heavy atom. The summed E-state index contributed by atoms with van der Waals surface area (Å²) in [5.41, 5.74) is 8.89. The molecule has 0 saturated carbocycles. The van der Waals surface area contributed by atoms with Gasteiger partial charge in [-0.3, -0.25) is 0 Å². The van der Waals surface area contributed by atoms with Crippen molar-refractivity contribution in [3.8, 4) is 17.2 Å². The third-order valence-corrected chi connectivity index (χ3v) is 8.71. The van der Waals surface area contributed by atoms with Crippen LogP contribution < -0.4 is 33.3 Å². The van der Waals surface area contributed by atoms with Gasteiger partial charge in [-0.15, -0.1) is 0 Å². The number of H-pyrrole nitrogens is 1. The molecule has 0 unspecified atom stereocenters. The van der Waals surface area contributed by atoms with Gasteiger partial charge in [-0.05, 0) is 23.8 Å². The molecule has 0 bridgehead atoms. The number of aromatic nitrogens is 2. The topological polar surface area (TPSA) is 261 Å². The zero-order chi connectivity index (χ0) is 24.8. The summed E-state index contributed by atoms with van der Waals surface area (Å²) in [6, 6.07) is 7.42. The van der Waals surface area contributed by atoms with Crippen LogP contribution in [0.5, 0.6) is 0 Å². The van der Waals surface area contributed by atoms with Crippen molar-refractivity contribution < 1.29 is 16.8 Å². The Balaban J connectivity index is 2.19. The second kappa shape index (κ2) is 8.23. The van der Waals surface area contributed by atoms with Gasteiger partial charge in [-0.1, -0.05) is 6.07 Å². The Labute approximate surface area is 193 Å². The van der Waals surface area contributed by atoms with E-state index < -0.39 is 34.9 Å². The van der Waals surface area contributed by atoms with Gasteiger partial charge in [0.15, 0.2) is 21.6 Å². The lowest BCUT2D eigenvalue weighted by atomic mass is 9.96. The molecule has 1 aromatic heterocycles. The van der Waals surface area contributed by atoms with E-state index in [4.69, 9.17) is 22.6 Å². The van der Waals surface area contributed by atoms with Crippen molar-refractivity contribution in [2.75, 3.05) is 18.8 Å². The van der Waals surface area contributed by atoms with Crippen LogP contribution in [0, 0.1) is 11.3 Å². The molecule has 0 radical (unpaired) electrons. The number of anilines is 1. The van der Waals surface area contributed by atoms with Gasteiger partial charge in [-0.2, -0.15) is 10.4 Å². The molecule has 0 aliphatic carbocycles. The summed E-state index contributed by atoms with van der Waals surface area (Å²) in [7, 11) is -8.79. The second-order valence-corrected chi connectivity index (χ2v) is 11.2. The van der Waals surface area contributed by atoms with E-state index in [1.54, 1.807) is 0 Å². The number of fused-ring (bicyclic) bond motifs is 1. The van der Waals surface area contributed by atoms with Gasteiger partial charge in [-0.25, -0.2) is 32.8 Å². The van der Waals surface area contributed by atoms with Gasteiger partial charge in [0.25, 0.3) is 0 Å². The van der Waals surface area contributed by atoms with Gasteiger partial charge >= 0.3 is 0 Å². The number of hydrogen-bond donors (Lipinski definition) is 7. The van der Waals surface area contributed by atoms with E-state index in [0.29, 0.717) is 5.52 Å². The SMILES string of the molecule is N#Cc1cc(-c2ccc(S(=O)(=O)C3CNC3)c(S(N)(=O)=O)c2/C(=N/N)NN)c2nc(N)[nH]c2c1. The zero-order valence-electron chi connectivity index (χ0n) is 17.4. The molecule has 11 N–H and O–H groups in total. The lowest BCUT2D eigenvalue weighted by molar-refractivity contribution is 0.493. The summed E-state index contributed by atoms with van der Waals surface area (Å²) in [5.74, 6) is 10.7. The monoisotopic (exact) mass is 504 g/mol. The number of rotatable bonds is 5. The highest BCUT2D eigenvalue weighted by atomic mass is 32.2. The highest BCUT2D eigenvalue weighted by Crippen LogP contribution is 2.38. The normalized spacial score (nSPS) is 15.1. The first-order valence-corrected chi connectivity index (χ1v) is 12.7. The number of nitriles is 1. The van der Waals surface area contributed by atoms with E-state index in [0.717, 1.165) is 6.07 Å². The van der Waals surface area contributed by atoms with Gasteiger partial charge < -0.3 is 27.3 Å². The quantitative estimate of drug-likeness (QED) is 0.0878. The summed E-state index contributed by atoms with van der Waals surface area (Å²) in [4.78, 5) is 5.76. The molecule has 34 heavy (non-hydrogen) atoms. The number of primary sulfonamides is 1. The third-order valence-electron chi connectivity index (χ3n) is 5.42. The number of amidine groups is 1. The van der Waals surface area contributed by atoms with Crippen molar-refractivity contribution >= 4 is 42.7 Å². The van der Waals surface area contributed by atoms with Crippen LogP contribution in [-0.2, 0) is 19.9 Å². The average molecular weight is 505 g/mol. The summed E-state index contributed by atoms with van der Waals surface area (Å²) < 4.78 is 52.1. The van der Waals surface area contributed by atoms with E-state index >= 15 is 0 Å². The summed E-state index contributed by atoms with van der Waals surface area (Å²) in [6.07, 6.45) is 0. The van der Waals surface area contributed by atoms with E-state index in [1.165, 1.54) is 18.2 Å². The molecule has 1 aliphatic rings.